The molecule has 3 aliphatic heterocycles. The lowest BCUT2D eigenvalue weighted by Gasteiger charge is -2.29. The third-order valence-corrected chi connectivity index (χ3v) is 7.21. The standard InChI is InChI=1S/C25H23N5O6/c1-34-16-7-3-14(4-8-16)21(22-26-27-28-30(22)15-5-9-17(35-2)10-6-15)29-13-25-12-11-18(36-25)19(24(32)33)20(25)23(29)31/h3-12,18-21H,13H2,1-2H3,(H,32,33)/t18-,19-,20+,21-,25-/m1/s1. The molecule has 5 atom stereocenters. The van der Waals surface area contributed by atoms with Crippen LogP contribution in [0, 0.1) is 11.8 Å². The summed E-state index contributed by atoms with van der Waals surface area (Å²) in [6, 6.07) is 13.8. The Labute approximate surface area is 205 Å². The third-order valence-electron chi connectivity index (χ3n) is 7.21. The van der Waals surface area contributed by atoms with Crippen LogP contribution < -0.4 is 9.47 Å². The fourth-order valence-corrected chi connectivity index (χ4v) is 5.56. The zero-order valence-electron chi connectivity index (χ0n) is 19.5. The highest BCUT2D eigenvalue weighted by Gasteiger charge is 2.68. The van der Waals surface area contributed by atoms with Crippen LogP contribution in [0.1, 0.15) is 17.4 Å². The van der Waals surface area contributed by atoms with Crippen molar-refractivity contribution in [3.63, 3.8) is 0 Å². The van der Waals surface area contributed by atoms with Gasteiger partial charge in [-0.05, 0) is 52.4 Å². The number of amides is 1. The Bertz CT molecular complexity index is 1350. The number of aromatic nitrogens is 4. The normalized spacial score (nSPS) is 26.8. The van der Waals surface area contributed by atoms with Crippen LogP contribution in [-0.2, 0) is 14.3 Å². The molecule has 11 heteroatoms. The van der Waals surface area contributed by atoms with E-state index in [0.29, 0.717) is 23.0 Å². The Balaban J connectivity index is 1.46. The minimum absolute atomic E-state index is 0.180. The summed E-state index contributed by atoms with van der Waals surface area (Å²) in [4.78, 5) is 27.6. The Morgan fingerprint density at radius 1 is 1.11 bits per heavy atom. The predicted octanol–water partition coefficient (Wildman–Crippen LogP) is 1.64. The topological polar surface area (TPSA) is 129 Å². The Morgan fingerprint density at radius 3 is 2.42 bits per heavy atom. The number of likely N-dealkylation sites (tertiary alicyclic amines) is 1. The minimum atomic E-state index is -1.05. The van der Waals surface area contributed by atoms with Gasteiger partial charge in [-0.3, -0.25) is 9.59 Å². The number of tetrazole rings is 1. The Morgan fingerprint density at radius 2 is 1.78 bits per heavy atom. The maximum absolute atomic E-state index is 13.9. The molecule has 1 spiro atoms. The summed E-state index contributed by atoms with van der Waals surface area (Å²) >= 11 is 0. The zero-order valence-corrected chi connectivity index (χ0v) is 19.5. The van der Waals surface area contributed by atoms with Crippen molar-refractivity contribution in [2.24, 2.45) is 11.8 Å². The van der Waals surface area contributed by atoms with Gasteiger partial charge in [0.2, 0.25) is 5.91 Å². The van der Waals surface area contributed by atoms with Gasteiger partial charge in [0.1, 0.15) is 29.1 Å². The number of hydrogen-bond acceptors (Lipinski definition) is 8. The second-order valence-corrected chi connectivity index (χ2v) is 9.03. The molecule has 6 rings (SSSR count). The number of carbonyl (C=O) groups excluding carboxylic acids is 1. The highest BCUT2D eigenvalue weighted by molar-refractivity contribution is 5.91. The molecule has 2 fully saturated rings. The second-order valence-electron chi connectivity index (χ2n) is 9.03. The largest absolute Gasteiger partial charge is 0.497 e. The first-order chi connectivity index (χ1) is 17.5. The molecule has 36 heavy (non-hydrogen) atoms. The van der Waals surface area contributed by atoms with Gasteiger partial charge < -0.3 is 24.2 Å². The van der Waals surface area contributed by atoms with Crippen molar-refractivity contribution in [3.05, 3.63) is 72.1 Å². The summed E-state index contributed by atoms with van der Waals surface area (Å²) < 4.78 is 18.2. The van der Waals surface area contributed by atoms with Gasteiger partial charge in [-0.2, -0.15) is 4.68 Å². The summed E-state index contributed by atoms with van der Waals surface area (Å²) in [5.41, 5.74) is 0.434. The molecule has 3 aliphatic rings. The number of methoxy groups -OCH3 is 2. The average Bonchev–Trinajstić information content (AvgIpc) is 3.67. The first kappa shape index (κ1) is 22.2. The lowest BCUT2D eigenvalue weighted by atomic mass is 9.77. The zero-order chi connectivity index (χ0) is 25.0. The number of benzene rings is 2. The highest BCUT2D eigenvalue weighted by Crippen LogP contribution is 2.53. The van der Waals surface area contributed by atoms with Crippen LogP contribution in [0.15, 0.2) is 60.7 Å². The van der Waals surface area contributed by atoms with E-state index in [9.17, 15) is 14.7 Å². The molecular formula is C25H23N5O6. The minimum Gasteiger partial charge on any atom is -0.497 e. The molecule has 2 bridgehead atoms. The lowest BCUT2D eigenvalue weighted by molar-refractivity contribution is -0.148. The molecular weight excluding hydrogens is 466 g/mol. The number of carbonyl (C=O) groups is 2. The maximum atomic E-state index is 13.9. The quantitative estimate of drug-likeness (QED) is 0.492. The van der Waals surface area contributed by atoms with Crippen LogP contribution in [0.4, 0.5) is 0 Å². The van der Waals surface area contributed by atoms with Crippen molar-refractivity contribution >= 4 is 11.9 Å². The van der Waals surface area contributed by atoms with Crippen LogP contribution in [0.2, 0.25) is 0 Å². The third kappa shape index (κ3) is 3.19. The van der Waals surface area contributed by atoms with Gasteiger partial charge in [0.15, 0.2) is 5.82 Å². The van der Waals surface area contributed by atoms with E-state index < -0.39 is 35.6 Å². The maximum Gasteiger partial charge on any atom is 0.310 e. The Kier molecular flexibility index (Phi) is 5.04. The SMILES string of the molecule is COc1ccc([C@H](c2nnnn2-c2ccc(OC)cc2)N2C[C@@]34C=C[C@@H](O3)[C@@H](C(=O)O)[C@H]4C2=O)cc1. The van der Waals surface area contributed by atoms with E-state index in [2.05, 4.69) is 15.5 Å². The number of carboxylic acid groups (broad SMARTS) is 1. The van der Waals surface area contributed by atoms with Gasteiger partial charge in [0.25, 0.3) is 0 Å². The van der Waals surface area contributed by atoms with E-state index in [0.717, 1.165) is 5.56 Å². The molecule has 4 heterocycles. The summed E-state index contributed by atoms with van der Waals surface area (Å²) in [6.07, 6.45) is 2.97. The molecule has 0 aliphatic carbocycles. The van der Waals surface area contributed by atoms with Crippen LogP contribution in [-0.4, -0.2) is 74.6 Å². The van der Waals surface area contributed by atoms with Crippen molar-refractivity contribution in [1.82, 2.24) is 25.1 Å². The monoisotopic (exact) mass is 489 g/mol. The molecule has 0 radical (unpaired) electrons. The Hall–Kier alpha value is -4.25. The number of fused-ring (bicyclic) bond motifs is 1. The predicted molar refractivity (Wildman–Crippen MR) is 124 cm³/mol. The van der Waals surface area contributed by atoms with Crippen LogP contribution in [0.5, 0.6) is 11.5 Å². The molecule has 1 N–H and O–H groups in total. The van der Waals surface area contributed by atoms with Gasteiger partial charge in [-0.1, -0.05) is 24.3 Å². The fourth-order valence-electron chi connectivity index (χ4n) is 5.56. The van der Waals surface area contributed by atoms with E-state index in [1.807, 2.05) is 30.3 Å². The molecule has 184 valence electrons. The van der Waals surface area contributed by atoms with E-state index in [4.69, 9.17) is 14.2 Å². The van der Waals surface area contributed by atoms with E-state index in [-0.39, 0.29) is 12.5 Å². The van der Waals surface area contributed by atoms with Crippen molar-refractivity contribution in [2.75, 3.05) is 20.8 Å². The van der Waals surface area contributed by atoms with Crippen molar-refractivity contribution < 1.29 is 28.9 Å². The number of ether oxygens (including phenoxy) is 3. The van der Waals surface area contributed by atoms with Gasteiger partial charge >= 0.3 is 5.97 Å². The summed E-state index contributed by atoms with van der Waals surface area (Å²) in [6.45, 7) is 0.180. The average molecular weight is 489 g/mol. The van der Waals surface area contributed by atoms with Crippen molar-refractivity contribution in [1.29, 1.82) is 0 Å². The van der Waals surface area contributed by atoms with Gasteiger partial charge in [-0.25, -0.2) is 0 Å². The summed E-state index contributed by atoms with van der Waals surface area (Å²) in [7, 11) is 3.16. The second kappa shape index (κ2) is 8.16. The van der Waals surface area contributed by atoms with E-state index in [1.165, 1.54) is 0 Å². The molecule has 1 amide bonds. The van der Waals surface area contributed by atoms with Crippen LogP contribution >= 0.6 is 0 Å². The molecule has 3 aromatic rings. The van der Waals surface area contributed by atoms with E-state index >= 15 is 0 Å². The van der Waals surface area contributed by atoms with Crippen LogP contribution in [0.3, 0.4) is 0 Å². The molecule has 11 nitrogen and oxygen atoms in total. The van der Waals surface area contributed by atoms with Gasteiger partial charge in [0.05, 0.1) is 38.5 Å². The van der Waals surface area contributed by atoms with Crippen molar-refractivity contribution in [2.45, 2.75) is 17.7 Å². The summed E-state index contributed by atoms with van der Waals surface area (Å²) in [5, 5.41) is 22.3. The number of carboxylic acids is 1. The van der Waals surface area contributed by atoms with Gasteiger partial charge in [-0.15, -0.1) is 5.10 Å². The van der Waals surface area contributed by atoms with Crippen molar-refractivity contribution in [3.8, 4) is 17.2 Å². The smallest absolute Gasteiger partial charge is 0.310 e. The fraction of sp³-hybridized carbons (Fsp3) is 0.320. The number of rotatable bonds is 7. The van der Waals surface area contributed by atoms with Gasteiger partial charge in [0, 0.05) is 0 Å². The van der Waals surface area contributed by atoms with Crippen LogP contribution in [0.25, 0.3) is 5.69 Å². The first-order valence-corrected chi connectivity index (χ1v) is 11.4. The summed E-state index contributed by atoms with van der Waals surface area (Å²) in [5.74, 6) is -1.37. The number of hydrogen-bond donors (Lipinski definition) is 1. The molecule has 2 aromatic carbocycles. The highest BCUT2D eigenvalue weighted by atomic mass is 16.5. The number of nitrogens with zero attached hydrogens (tertiary/aromatic N) is 5. The molecule has 1 aromatic heterocycles. The molecule has 2 saturated heterocycles. The number of aliphatic carboxylic acids is 1. The van der Waals surface area contributed by atoms with E-state index in [1.54, 1.807) is 54.1 Å². The first-order valence-electron chi connectivity index (χ1n) is 11.4. The lowest BCUT2D eigenvalue weighted by Crippen LogP contribution is -2.39. The molecule has 0 unspecified atom stereocenters. The molecule has 0 saturated carbocycles.